The molecule has 2 N–H and O–H groups in total. The van der Waals surface area contributed by atoms with E-state index >= 15 is 0 Å². The first-order chi connectivity index (χ1) is 7.75. The number of nitrogens with zero attached hydrogens (tertiary/aromatic N) is 2. The number of hydrogen-bond acceptors (Lipinski definition) is 3. The van der Waals surface area contributed by atoms with E-state index in [1.54, 1.807) is 4.68 Å². The molecule has 2 heterocycles. The minimum Gasteiger partial charge on any atom is -0.383 e. The molecule has 0 atom stereocenters. The average molecular weight is 231 g/mol. The monoisotopic (exact) mass is 231 g/mol. The highest BCUT2D eigenvalue weighted by atomic mass is 32.2. The van der Waals surface area contributed by atoms with Crippen LogP contribution in [0.25, 0.3) is 11.1 Å². The van der Waals surface area contributed by atoms with Gasteiger partial charge in [0.2, 0.25) is 0 Å². The van der Waals surface area contributed by atoms with Gasteiger partial charge in [0.1, 0.15) is 5.82 Å². The Hall–Kier alpha value is -1.42. The molecule has 82 valence electrons. The molecular weight excluding hydrogens is 218 g/mol. The molecular formula is C12H13N3S. The number of nitrogen functional groups attached to an aromatic ring is 1. The molecule has 0 radical (unpaired) electrons. The molecule has 0 saturated carbocycles. The van der Waals surface area contributed by atoms with Crippen molar-refractivity contribution in [3.63, 3.8) is 0 Å². The lowest BCUT2D eigenvalue weighted by Gasteiger charge is -2.03. The minimum atomic E-state index is 0.725. The SMILES string of the molecule is Cn1ncc(-c2ccc3c(c2)SCC3)c1N. The third-order valence-electron chi connectivity index (χ3n) is 2.99. The van der Waals surface area contributed by atoms with Gasteiger partial charge in [0, 0.05) is 23.3 Å². The number of hydrogen-bond donors (Lipinski definition) is 1. The second-order valence-corrected chi connectivity index (χ2v) is 5.12. The van der Waals surface area contributed by atoms with Crippen LogP contribution in [0.1, 0.15) is 5.56 Å². The van der Waals surface area contributed by atoms with Gasteiger partial charge in [0.05, 0.1) is 6.20 Å². The van der Waals surface area contributed by atoms with E-state index in [1.165, 1.54) is 28.2 Å². The van der Waals surface area contributed by atoms with Crippen LogP contribution < -0.4 is 5.73 Å². The Labute approximate surface area is 98.6 Å². The van der Waals surface area contributed by atoms with Crippen LogP contribution in [0.5, 0.6) is 0 Å². The van der Waals surface area contributed by atoms with E-state index in [1.807, 2.05) is 25.0 Å². The van der Waals surface area contributed by atoms with Crippen LogP contribution in [0.15, 0.2) is 29.3 Å². The van der Waals surface area contributed by atoms with Crippen LogP contribution in [0.2, 0.25) is 0 Å². The number of aryl methyl sites for hydroxylation is 2. The molecule has 0 amide bonds. The van der Waals surface area contributed by atoms with Crippen LogP contribution in [-0.2, 0) is 13.5 Å². The Morgan fingerprint density at radius 1 is 1.44 bits per heavy atom. The summed E-state index contributed by atoms with van der Waals surface area (Å²) >= 11 is 1.92. The van der Waals surface area contributed by atoms with Gasteiger partial charge in [0.25, 0.3) is 0 Å². The average Bonchev–Trinajstić information content (AvgIpc) is 2.86. The van der Waals surface area contributed by atoms with E-state index in [-0.39, 0.29) is 0 Å². The molecule has 2 aromatic rings. The first-order valence-electron chi connectivity index (χ1n) is 5.29. The first-order valence-corrected chi connectivity index (χ1v) is 6.28. The van der Waals surface area contributed by atoms with E-state index < -0.39 is 0 Å². The van der Waals surface area contributed by atoms with Crippen molar-refractivity contribution in [2.45, 2.75) is 11.3 Å². The normalized spacial score (nSPS) is 14.1. The first kappa shape index (κ1) is 9.78. The highest BCUT2D eigenvalue weighted by Crippen LogP contribution is 2.35. The Balaban J connectivity index is 2.10. The fraction of sp³-hybridized carbons (Fsp3) is 0.250. The summed E-state index contributed by atoms with van der Waals surface area (Å²) in [7, 11) is 1.86. The third-order valence-corrected chi connectivity index (χ3v) is 4.09. The van der Waals surface area contributed by atoms with Gasteiger partial charge < -0.3 is 5.73 Å². The van der Waals surface area contributed by atoms with Crippen LogP contribution in [0.4, 0.5) is 5.82 Å². The summed E-state index contributed by atoms with van der Waals surface area (Å²) in [4.78, 5) is 1.39. The van der Waals surface area contributed by atoms with Crippen LogP contribution in [0, 0.1) is 0 Å². The molecule has 0 unspecified atom stereocenters. The number of anilines is 1. The summed E-state index contributed by atoms with van der Waals surface area (Å²) in [5, 5.41) is 4.17. The molecule has 0 aliphatic carbocycles. The standard InChI is InChI=1S/C12H13N3S/c1-15-12(13)10(7-14-15)9-3-2-8-4-5-16-11(8)6-9/h2-3,6-7H,4-5,13H2,1H3. The largest absolute Gasteiger partial charge is 0.383 e. The molecule has 4 heteroatoms. The van der Waals surface area contributed by atoms with E-state index in [9.17, 15) is 0 Å². The van der Waals surface area contributed by atoms with Gasteiger partial charge in [-0.05, 0) is 23.6 Å². The summed E-state index contributed by atoms with van der Waals surface area (Å²) in [5.41, 5.74) is 9.62. The van der Waals surface area contributed by atoms with E-state index in [4.69, 9.17) is 5.73 Å². The number of nitrogens with two attached hydrogens (primary N) is 1. The number of thioether (sulfide) groups is 1. The molecule has 0 spiro atoms. The quantitative estimate of drug-likeness (QED) is 0.819. The minimum absolute atomic E-state index is 0.725. The van der Waals surface area contributed by atoms with Crippen molar-refractivity contribution in [1.82, 2.24) is 9.78 Å². The molecule has 0 fully saturated rings. The lowest BCUT2D eigenvalue weighted by Crippen LogP contribution is -1.98. The lowest BCUT2D eigenvalue weighted by molar-refractivity contribution is 0.779. The molecule has 1 aliphatic heterocycles. The highest BCUT2D eigenvalue weighted by molar-refractivity contribution is 7.99. The highest BCUT2D eigenvalue weighted by Gasteiger charge is 2.14. The predicted octanol–water partition coefficient (Wildman–Crippen LogP) is 2.32. The zero-order chi connectivity index (χ0) is 11.1. The van der Waals surface area contributed by atoms with Crippen LogP contribution in [-0.4, -0.2) is 15.5 Å². The van der Waals surface area contributed by atoms with Crippen molar-refractivity contribution in [2.75, 3.05) is 11.5 Å². The van der Waals surface area contributed by atoms with Gasteiger partial charge >= 0.3 is 0 Å². The molecule has 3 rings (SSSR count). The Morgan fingerprint density at radius 2 is 2.31 bits per heavy atom. The Kier molecular flexibility index (Phi) is 2.17. The van der Waals surface area contributed by atoms with Crippen molar-refractivity contribution < 1.29 is 0 Å². The molecule has 3 nitrogen and oxygen atoms in total. The molecule has 16 heavy (non-hydrogen) atoms. The van der Waals surface area contributed by atoms with Gasteiger partial charge in [-0.1, -0.05) is 12.1 Å². The van der Waals surface area contributed by atoms with Gasteiger partial charge in [-0.15, -0.1) is 11.8 Å². The van der Waals surface area contributed by atoms with E-state index in [2.05, 4.69) is 23.3 Å². The number of benzene rings is 1. The van der Waals surface area contributed by atoms with Crippen LogP contribution in [0.3, 0.4) is 0 Å². The summed E-state index contributed by atoms with van der Waals surface area (Å²) in [5.74, 6) is 1.92. The summed E-state index contributed by atoms with van der Waals surface area (Å²) in [6.45, 7) is 0. The molecule has 1 aromatic carbocycles. The molecule has 0 saturated heterocycles. The summed E-state index contributed by atoms with van der Waals surface area (Å²) in [6.07, 6.45) is 3.01. The molecule has 0 bridgehead atoms. The van der Waals surface area contributed by atoms with E-state index in [0.29, 0.717) is 0 Å². The third kappa shape index (κ3) is 1.41. The maximum atomic E-state index is 5.97. The summed E-state index contributed by atoms with van der Waals surface area (Å²) < 4.78 is 1.70. The number of fused-ring (bicyclic) bond motifs is 1. The van der Waals surface area contributed by atoms with Gasteiger partial charge in [-0.3, -0.25) is 4.68 Å². The fourth-order valence-electron chi connectivity index (χ4n) is 2.00. The number of rotatable bonds is 1. The topological polar surface area (TPSA) is 43.8 Å². The second-order valence-electron chi connectivity index (χ2n) is 3.99. The van der Waals surface area contributed by atoms with Crippen LogP contribution >= 0.6 is 11.8 Å². The van der Waals surface area contributed by atoms with E-state index in [0.717, 1.165) is 11.4 Å². The fourth-order valence-corrected chi connectivity index (χ4v) is 3.11. The predicted molar refractivity (Wildman–Crippen MR) is 67.5 cm³/mol. The van der Waals surface area contributed by atoms with Crippen molar-refractivity contribution >= 4 is 17.6 Å². The molecule has 1 aromatic heterocycles. The van der Waals surface area contributed by atoms with Gasteiger partial charge in [-0.25, -0.2) is 0 Å². The van der Waals surface area contributed by atoms with Crippen molar-refractivity contribution in [1.29, 1.82) is 0 Å². The Morgan fingerprint density at radius 3 is 3.06 bits per heavy atom. The van der Waals surface area contributed by atoms with Crippen molar-refractivity contribution in [2.24, 2.45) is 7.05 Å². The zero-order valence-electron chi connectivity index (χ0n) is 9.10. The van der Waals surface area contributed by atoms with Crippen molar-refractivity contribution in [3.8, 4) is 11.1 Å². The maximum Gasteiger partial charge on any atom is 0.129 e. The van der Waals surface area contributed by atoms with Gasteiger partial charge in [0.15, 0.2) is 0 Å². The second kappa shape index (κ2) is 3.56. The smallest absolute Gasteiger partial charge is 0.129 e. The summed E-state index contributed by atoms with van der Waals surface area (Å²) in [6, 6.07) is 6.57. The lowest BCUT2D eigenvalue weighted by atomic mass is 10.1. The zero-order valence-corrected chi connectivity index (χ0v) is 9.92. The number of aromatic nitrogens is 2. The molecule has 1 aliphatic rings. The van der Waals surface area contributed by atoms with Gasteiger partial charge in [-0.2, -0.15) is 5.10 Å². The van der Waals surface area contributed by atoms with Crippen molar-refractivity contribution in [3.05, 3.63) is 30.0 Å². The maximum absolute atomic E-state index is 5.97. The Bertz CT molecular complexity index is 545.